The van der Waals surface area contributed by atoms with Crippen molar-refractivity contribution in [2.75, 3.05) is 32.8 Å². The molecule has 0 aliphatic carbocycles. The van der Waals surface area contributed by atoms with E-state index in [4.69, 9.17) is 21.6 Å². The molecule has 0 spiro atoms. The lowest BCUT2D eigenvalue weighted by Crippen LogP contribution is -2.35. The van der Waals surface area contributed by atoms with Crippen LogP contribution in [0.15, 0.2) is 21.9 Å². The molecule has 23 heavy (non-hydrogen) atoms. The second-order valence-electron chi connectivity index (χ2n) is 4.66. The van der Waals surface area contributed by atoms with Gasteiger partial charge in [0.05, 0.1) is 25.4 Å². The predicted octanol–water partition coefficient (Wildman–Crippen LogP) is -0.0190. The van der Waals surface area contributed by atoms with Crippen LogP contribution in [0, 0.1) is 5.41 Å². The van der Waals surface area contributed by atoms with E-state index in [1.165, 1.54) is 6.34 Å². The molecule has 0 unspecified atom stereocenters. The topological polar surface area (TPSA) is 125 Å². The average Bonchev–Trinajstić information content (AvgIpc) is 2.45. The van der Waals surface area contributed by atoms with Gasteiger partial charge in [-0.05, 0) is 6.08 Å². The SMILES string of the molecule is N=C(N)CCOCCN1C=NC(NC(N)=NCC(F)(F)F)=CC1. The van der Waals surface area contributed by atoms with Crippen LogP contribution >= 0.6 is 0 Å². The summed E-state index contributed by atoms with van der Waals surface area (Å²) in [4.78, 5) is 9.05. The van der Waals surface area contributed by atoms with Crippen LogP contribution in [-0.4, -0.2) is 62.1 Å². The van der Waals surface area contributed by atoms with Gasteiger partial charge in [0.2, 0.25) is 0 Å². The molecule has 11 heteroatoms. The summed E-state index contributed by atoms with van der Waals surface area (Å²) >= 11 is 0. The number of nitrogens with one attached hydrogen (secondary N) is 2. The van der Waals surface area contributed by atoms with E-state index < -0.39 is 12.7 Å². The third-order valence-electron chi connectivity index (χ3n) is 2.60. The molecule has 0 fully saturated rings. The minimum atomic E-state index is -4.39. The summed E-state index contributed by atoms with van der Waals surface area (Å²) in [6, 6.07) is 0. The maximum absolute atomic E-state index is 12.0. The van der Waals surface area contributed by atoms with Crippen molar-refractivity contribution >= 4 is 18.1 Å². The highest BCUT2D eigenvalue weighted by atomic mass is 19.4. The number of hydrogen-bond donors (Lipinski definition) is 4. The fourth-order valence-corrected chi connectivity index (χ4v) is 1.49. The second-order valence-corrected chi connectivity index (χ2v) is 4.66. The highest BCUT2D eigenvalue weighted by molar-refractivity contribution is 5.80. The van der Waals surface area contributed by atoms with E-state index in [0.29, 0.717) is 38.5 Å². The zero-order valence-corrected chi connectivity index (χ0v) is 12.4. The van der Waals surface area contributed by atoms with Gasteiger partial charge in [-0.3, -0.25) is 5.41 Å². The molecule has 0 aromatic heterocycles. The second kappa shape index (κ2) is 8.98. The Morgan fingerprint density at radius 2 is 2.17 bits per heavy atom. The number of halogens is 3. The lowest BCUT2D eigenvalue weighted by molar-refractivity contribution is -0.118. The predicted molar refractivity (Wildman–Crippen MR) is 81.2 cm³/mol. The number of nitrogens with two attached hydrogens (primary N) is 2. The van der Waals surface area contributed by atoms with Crippen LogP contribution in [0.2, 0.25) is 0 Å². The number of nitrogens with zero attached hydrogens (tertiary/aromatic N) is 3. The van der Waals surface area contributed by atoms with Crippen molar-refractivity contribution < 1.29 is 17.9 Å². The van der Waals surface area contributed by atoms with E-state index in [9.17, 15) is 13.2 Å². The number of aliphatic imine (C=N–C) groups is 2. The molecule has 0 aromatic rings. The summed E-state index contributed by atoms with van der Waals surface area (Å²) in [5.74, 6) is 0.0712. The maximum atomic E-state index is 12.0. The van der Waals surface area contributed by atoms with Crippen molar-refractivity contribution in [2.45, 2.75) is 12.6 Å². The molecular weight excluding hydrogens is 315 g/mol. The smallest absolute Gasteiger partial charge is 0.388 e. The van der Waals surface area contributed by atoms with Gasteiger partial charge in [-0.1, -0.05) is 0 Å². The molecule has 6 N–H and O–H groups in total. The molecule has 0 amide bonds. The first-order valence-electron chi connectivity index (χ1n) is 6.79. The largest absolute Gasteiger partial charge is 0.408 e. The molecule has 0 atom stereocenters. The van der Waals surface area contributed by atoms with Gasteiger partial charge in [0.25, 0.3) is 0 Å². The Labute approximate surface area is 131 Å². The number of ether oxygens (including phenoxy) is 1. The molecule has 1 aliphatic heterocycles. The van der Waals surface area contributed by atoms with E-state index in [0.717, 1.165) is 0 Å². The van der Waals surface area contributed by atoms with Gasteiger partial charge in [0.1, 0.15) is 12.4 Å². The number of alkyl halides is 3. The molecule has 130 valence electrons. The Morgan fingerprint density at radius 3 is 2.74 bits per heavy atom. The Morgan fingerprint density at radius 1 is 1.43 bits per heavy atom. The van der Waals surface area contributed by atoms with E-state index in [-0.39, 0.29) is 11.8 Å². The summed E-state index contributed by atoms with van der Waals surface area (Å²) in [5, 5.41) is 9.53. The molecule has 8 nitrogen and oxygen atoms in total. The number of guanidine groups is 1. The van der Waals surface area contributed by atoms with Crippen molar-refractivity contribution in [3.05, 3.63) is 11.9 Å². The standard InChI is InChI=1S/C12H20F3N7O/c13-12(14,15)7-19-11(18)21-10-1-3-22(8-20-10)4-6-23-5-2-9(16)17/h1,8H,2-7H2,(H3,16,17)(H3,18,19,21). The van der Waals surface area contributed by atoms with Crippen molar-refractivity contribution in [1.82, 2.24) is 10.2 Å². The van der Waals surface area contributed by atoms with Crippen LogP contribution in [0.1, 0.15) is 6.42 Å². The third-order valence-corrected chi connectivity index (χ3v) is 2.60. The van der Waals surface area contributed by atoms with Crippen LogP contribution in [-0.2, 0) is 4.74 Å². The zero-order valence-electron chi connectivity index (χ0n) is 12.4. The molecule has 1 rings (SSSR count). The van der Waals surface area contributed by atoms with Crippen molar-refractivity contribution in [3.63, 3.8) is 0 Å². The minimum Gasteiger partial charge on any atom is -0.388 e. The van der Waals surface area contributed by atoms with Gasteiger partial charge >= 0.3 is 6.18 Å². The highest BCUT2D eigenvalue weighted by Crippen LogP contribution is 2.14. The van der Waals surface area contributed by atoms with Crippen LogP contribution < -0.4 is 16.8 Å². The summed E-state index contributed by atoms with van der Waals surface area (Å²) < 4.78 is 41.3. The summed E-state index contributed by atoms with van der Waals surface area (Å²) in [6.45, 7) is 0.587. The molecule has 0 saturated heterocycles. The molecule has 0 saturated carbocycles. The summed E-state index contributed by atoms with van der Waals surface area (Å²) in [6.07, 6.45) is -0.798. The first kappa shape index (κ1) is 18.7. The van der Waals surface area contributed by atoms with Crippen LogP contribution in [0.5, 0.6) is 0 Å². The first-order valence-corrected chi connectivity index (χ1v) is 6.79. The lowest BCUT2D eigenvalue weighted by Gasteiger charge is -2.21. The monoisotopic (exact) mass is 335 g/mol. The average molecular weight is 335 g/mol. The molecule has 0 radical (unpaired) electrons. The molecule has 1 heterocycles. The van der Waals surface area contributed by atoms with E-state index >= 15 is 0 Å². The fourth-order valence-electron chi connectivity index (χ4n) is 1.49. The summed E-state index contributed by atoms with van der Waals surface area (Å²) in [7, 11) is 0. The Balaban J connectivity index is 2.25. The molecule has 1 aliphatic rings. The molecular formula is C12H20F3N7O. The molecule has 0 bridgehead atoms. The molecule has 0 aromatic carbocycles. The minimum absolute atomic E-state index is 0.0768. The Bertz CT molecular complexity index is 488. The summed E-state index contributed by atoms with van der Waals surface area (Å²) in [5.41, 5.74) is 10.5. The van der Waals surface area contributed by atoms with Crippen LogP contribution in [0.4, 0.5) is 13.2 Å². The van der Waals surface area contributed by atoms with Crippen LogP contribution in [0.3, 0.4) is 0 Å². The number of rotatable bonds is 8. The lowest BCUT2D eigenvalue weighted by atomic mass is 10.4. The normalized spacial score (nSPS) is 15.5. The number of hydrogen-bond acceptors (Lipinski definition) is 5. The fraction of sp³-hybridized carbons (Fsp3) is 0.583. The van der Waals surface area contributed by atoms with Gasteiger partial charge in [-0.2, -0.15) is 13.2 Å². The van der Waals surface area contributed by atoms with Crippen molar-refractivity contribution in [2.24, 2.45) is 21.5 Å². The Kier molecular flexibility index (Phi) is 7.32. The third kappa shape index (κ3) is 9.34. The first-order chi connectivity index (χ1) is 10.8. The van der Waals surface area contributed by atoms with E-state index in [1.807, 2.05) is 4.90 Å². The van der Waals surface area contributed by atoms with E-state index in [1.54, 1.807) is 6.08 Å². The maximum Gasteiger partial charge on any atom is 0.408 e. The van der Waals surface area contributed by atoms with Gasteiger partial charge in [-0.15, -0.1) is 0 Å². The Hall–Kier alpha value is -2.30. The van der Waals surface area contributed by atoms with E-state index in [2.05, 4.69) is 15.3 Å². The van der Waals surface area contributed by atoms with Gasteiger partial charge in [0, 0.05) is 19.5 Å². The van der Waals surface area contributed by atoms with Crippen molar-refractivity contribution in [3.8, 4) is 0 Å². The van der Waals surface area contributed by atoms with Gasteiger partial charge < -0.3 is 26.4 Å². The number of amidine groups is 1. The van der Waals surface area contributed by atoms with Gasteiger partial charge in [0.15, 0.2) is 5.96 Å². The highest BCUT2D eigenvalue weighted by Gasteiger charge is 2.26. The van der Waals surface area contributed by atoms with Gasteiger partial charge in [-0.25, -0.2) is 9.98 Å². The zero-order chi connectivity index (χ0) is 17.3. The van der Waals surface area contributed by atoms with Crippen LogP contribution in [0.25, 0.3) is 0 Å². The van der Waals surface area contributed by atoms with Crippen molar-refractivity contribution in [1.29, 1.82) is 5.41 Å². The quantitative estimate of drug-likeness (QED) is 0.282.